The van der Waals surface area contributed by atoms with Gasteiger partial charge in [0.25, 0.3) is 0 Å². The van der Waals surface area contributed by atoms with E-state index in [1.807, 2.05) is 18.2 Å². The molecule has 3 nitrogen and oxygen atoms in total. The van der Waals surface area contributed by atoms with Crippen LogP contribution in [0.25, 0.3) is 0 Å². The van der Waals surface area contributed by atoms with Gasteiger partial charge >= 0.3 is 0 Å². The van der Waals surface area contributed by atoms with Gasteiger partial charge in [0.1, 0.15) is 0 Å². The third-order valence-electron chi connectivity index (χ3n) is 4.18. The number of hydrogen-bond acceptors (Lipinski definition) is 3. The van der Waals surface area contributed by atoms with E-state index in [9.17, 15) is 5.11 Å². The van der Waals surface area contributed by atoms with E-state index < -0.39 is 0 Å². The van der Waals surface area contributed by atoms with Crippen molar-refractivity contribution in [1.82, 2.24) is 10.2 Å². The smallest absolute Gasteiger partial charge is 0.0681 e. The number of likely N-dealkylation sites (N-methyl/N-ethyl adjacent to an activating group) is 1. The van der Waals surface area contributed by atoms with Crippen molar-refractivity contribution in [3.8, 4) is 0 Å². The monoisotopic (exact) mass is 292 g/mol. The van der Waals surface area contributed by atoms with Crippen LogP contribution in [-0.2, 0) is 5.54 Å². The minimum atomic E-state index is -0.336. The first-order valence-electron chi connectivity index (χ1n) is 8.25. The number of benzene rings is 1. The first-order chi connectivity index (χ1) is 10.1. The predicted molar refractivity (Wildman–Crippen MR) is 90.5 cm³/mol. The molecule has 120 valence electrons. The van der Waals surface area contributed by atoms with E-state index in [2.05, 4.69) is 50.0 Å². The lowest BCUT2D eigenvalue weighted by Gasteiger charge is -2.36. The van der Waals surface area contributed by atoms with Crippen molar-refractivity contribution in [2.45, 2.75) is 52.1 Å². The molecule has 21 heavy (non-hydrogen) atoms. The van der Waals surface area contributed by atoms with Crippen molar-refractivity contribution in [1.29, 1.82) is 0 Å². The first-order valence-corrected chi connectivity index (χ1v) is 8.25. The van der Waals surface area contributed by atoms with E-state index in [0.29, 0.717) is 6.04 Å². The van der Waals surface area contributed by atoms with E-state index in [1.54, 1.807) is 0 Å². The fraction of sp³-hybridized carbons (Fsp3) is 0.667. The molecular formula is C18H32N2O. The van der Waals surface area contributed by atoms with Gasteiger partial charge in [-0.1, -0.05) is 44.2 Å². The van der Waals surface area contributed by atoms with E-state index in [4.69, 9.17) is 0 Å². The standard InChI is InChI=1S/C18H32N2O/c1-5-13-20(16(3)4)14-12-18(15-21,19-6-2)17-10-8-7-9-11-17/h7-11,16,19,21H,5-6,12-15H2,1-4H3. The number of hydrogen-bond donors (Lipinski definition) is 2. The van der Waals surface area contributed by atoms with Gasteiger partial charge in [0.2, 0.25) is 0 Å². The van der Waals surface area contributed by atoms with Crippen LogP contribution in [0.2, 0.25) is 0 Å². The average Bonchev–Trinajstić information content (AvgIpc) is 2.50. The highest BCUT2D eigenvalue weighted by atomic mass is 16.3. The number of aliphatic hydroxyl groups excluding tert-OH is 1. The maximum Gasteiger partial charge on any atom is 0.0681 e. The van der Waals surface area contributed by atoms with Gasteiger partial charge < -0.3 is 15.3 Å². The van der Waals surface area contributed by atoms with Gasteiger partial charge in [0, 0.05) is 12.6 Å². The molecular weight excluding hydrogens is 260 g/mol. The van der Waals surface area contributed by atoms with Gasteiger partial charge in [0.15, 0.2) is 0 Å². The highest BCUT2D eigenvalue weighted by Gasteiger charge is 2.31. The highest BCUT2D eigenvalue weighted by Crippen LogP contribution is 2.25. The molecule has 0 aromatic heterocycles. The molecule has 0 heterocycles. The molecule has 3 heteroatoms. The molecule has 0 bridgehead atoms. The van der Waals surface area contributed by atoms with Crippen LogP contribution < -0.4 is 5.32 Å². The third kappa shape index (κ3) is 5.10. The fourth-order valence-electron chi connectivity index (χ4n) is 2.91. The molecule has 0 saturated carbocycles. The number of aliphatic hydroxyl groups is 1. The van der Waals surface area contributed by atoms with Crippen molar-refractivity contribution in [3.05, 3.63) is 35.9 Å². The second-order valence-corrected chi connectivity index (χ2v) is 6.02. The molecule has 1 aromatic rings. The summed E-state index contributed by atoms with van der Waals surface area (Å²) in [6, 6.07) is 10.9. The number of nitrogens with zero attached hydrogens (tertiary/aromatic N) is 1. The molecule has 1 atom stereocenters. The summed E-state index contributed by atoms with van der Waals surface area (Å²) in [4.78, 5) is 2.49. The number of rotatable bonds is 10. The van der Waals surface area contributed by atoms with Gasteiger partial charge in [-0.3, -0.25) is 0 Å². The summed E-state index contributed by atoms with van der Waals surface area (Å²) in [6.07, 6.45) is 2.08. The second-order valence-electron chi connectivity index (χ2n) is 6.02. The highest BCUT2D eigenvalue weighted by molar-refractivity contribution is 5.24. The zero-order chi connectivity index (χ0) is 15.7. The van der Waals surface area contributed by atoms with Crippen molar-refractivity contribution < 1.29 is 5.11 Å². The summed E-state index contributed by atoms with van der Waals surface area (Å²) in [5, 5.41) is 13.6. The average molecular weight is 292 g/mol. The quantitative estimate of drug-likeness (QED) is 0.696. The van der Waals surface area contributed by atoms with E-state index >= 15 is 0 Å². The maximum atomic E-state index is 10.1. The molecule has 0 spiro atoms. The molecule has 0 aliphatic heterocycles. The van der Waals surface area contributed by atoms with Gasteiger partial charge in [-0.25, -0.2) is 0 Å². The summed E-state index contributed by atoms with van der Waals surface area (Å²) in [5.74, 6) is 0. The summed E-state index contributed by atoms with van der Waals surface area (Å²) < 4.78 is 0. The maximum absolute atomic E-state index is 10.1. The van der Waals surface area contributed by atoms with Crippen LogP contribution in [0, 0.1) is 0 Å². The van der Waals surface area contributed by atoms with E-state index in [1.165, 1.54) is 5.56 Å². The molecule has 0 amide bonds. The molecule has 2 N–H and O–H groups in total. The van der Waals surface area contributed by atoms with Gasteiger partial charge in [-0.15, -0.1) is 0 Å². The van der Waals surface area contributed by atoms with Gasteiger partial charge in [-0.05, 0) is 45.3 Å². The minimum absolute atomic E-state index is 0.128. The van der Waals surface area contributed by atoms with Crippen LogP contribution in [0.1, 0.15) is 46.1 Å². The zero-order valence-electron chi connectivity index (χ0n) is 14.1. The molecule has 0 fully saturated rings. The van der Waals surface area contributed by atoms with Crippen molar-refractivity contribution >= 4 is 0 Å². The van der Waals surface area contributed by atoms with Gasteiger partial charge in [0.05, 0.1) is 12.1 Å². The Morgan fingerprint density at radius 3 is 2.29 bits per heavy atom. The molecule has 0 radical (unpaired) electrons. The van der Waals surface area contributed by atoms with E-state index in [-0.39, 0.29) is 12.1 Å². The largest absolute Gasteiger partial charge is 0.394 e. The molecule has 1 rings (SSSR count). The number of nitrogens with one attached hydrogen (secondary N) is 1. The normalized spacial score (nSPS) is 14.6. The van der Waals surface area contributed by atoms with Crippen LogP contribution in [0.5, 0.6) is 0 Å². The summed E-state index contributed by atoms with van der Waals surface area (Å²) in [6.45, 7) is 11.9. The Labute approximate surface area is 130 Å². The Kier molecular flexibility index (Phi) is 7.94. The van der Waals surface area contributed by atoms with Crippen LogP contribution in [-0.4, -0.2) is 42.3 Å². The van der Waals surface area contributed by atoms with Crippen LogP contribution in [0.15, 0.2) is 30.3 Å². The van der Waals surface area contributed by atoms with Crippen molar-refractivity contribution in [2.24, 2.45) is 0 Å². The first kappa shape index (κ1) is 18.1. The molecule has 0 saturated heterocycles. The van der Waals surface area contributed by atoms with E-state index in [0.717, 1.165) is 32.5 Å². The lowest BCUT2D eigenvalue weighted by atomic mass is 9.86. The Hall–Kier alpha value is -0.900. The predicted octanol–water partition coefficient (Wildman–Crippen LogP) is 2.99. The second kappa shape index (κ2) is 9.19. The Morgan fingerprint density at radius 2 is 1.81 bits per heavy atom. The Bertz CT molecular complexity index is 380. The van der Waals surface area contributed by atoms with Crippen molar-refractivity contribution in [2.75, 3.05) is 26.2 Å². The Balaban J connectivity index is 2.88. The third-order valence-corrected chi connectivity index (χ3v) is 4.18. The SMILES string of the molecule is CCCN(CCC(CO)(NCC)c1ccccc1)C(C)C. The summed E-state index contributed by atoms with van der Waals surface area (Å²) in [7, 11) is 0. The van der Waals surface area contributed by atoms with Crippen molar-refractivity contribution in [3.63, 3.8) is 0 Å². The lowest BCUT2D eigenvalue weighted by Crippen LogP contribution is -2.48. The summed E-state index contributed by atoms with van der Waals surface area (Å²) in [5.41, 5.74) is 0.839. The topological polar surface area (TPSA) is 35.5 Å². The summed E-state index contributed by atoms with van der Waals surface area (Å²) >= 11 is 0. The van der Waals surface area contributed by atoms with Gasteiger partial charge in [-0.2, -0.15) is 0 Å². The Morgan fingerprint density at radius 1 is 1.14 bits per heavy atom. The molecule has 0 aliphatic rings. The van der Waals surface area contributed by atoms with Crippen LogP contribution in [0.4, 0.5) is 0 Å². The molecule has 1 aromatic carbocycles. The zero-order valence-corrected chi connectivity index (χ0v) is 14.1. The van der Waals surface area contributed by atoms with Crippen LogP contribution in [0.3, 0.4) is 0 Å². The van der Waals surface area contributed by atoms with Crippen LogP contribution >= 0.6 is 0 Å². The molecule has 0 aliphatic carbocycles. The fourth-order valence-corrected chi connectivity index (χ4v) is 2.91. The molecule has 1 unspecified atom stereocenters. The minimum Gasteiger partial charge on any atom is -0.394 e. The lowest BCUT2D eigenvalue weighted by molar-refractivity contribution is 0.123.